The predicted molar refractivity (Wildman–Crippen MR) is 123 cm³/mol. The highest BCUT2D eigenvalue weighted by molar-refractivity contribution is 6.39. The van der Waals surface area contributed by atoms with Crippen LogP contribution in [0.3, 0.4) is 0 Å². The molecule has 7 nitrogen and oxygen atoms in total. The largest absolute Gasteiger partial charge is 0.423 e. The molecular weight excluding hydrogens is 430 g/mol. The number of hydrogen-bond acceptors (Lipinski definition) is 5. The molecule has 0 aliphatic heterocycles. The highest BCUT2D eigenvalue weighted by atomic mass is 35.5. The standard InChI is InChI=1S/C24H20ClN3O4/c1-15-11-16(2)13-20(12-15)27-22(29)23(30)28-26-14-17-3-9-21(10-4-17)32-24(31)18-5-7-19(25)8-6-18/h3-14H,1-2H3,(H,27,29)(H,28,30). The third-order valence-electron chi connectivity index (χ3n) is 4.24. The van der Waals surface area contributed by atoms with Crippen molar-refractivity contribution in [3.8, 4) is 5.75 Å². The second-order valence-corrected chi connectivity index (χ2v) is 7.43. The number of aryl methyl sites for hydroxylation is 2. The van der Waals surface area contributed by atoms with E-state index in [2.05, 4.69) is 15.8 Å². The lowest BCUT2D eigenvalue weighted by molar-refractivity contribution is -0.136. The van der Waals surface area contributed by atoms with Crippen LogP contribution in [0.4, 0.5) is 5.69 Å². The number of carbonyl (C=O) groups excluding carboxylic acids is 3. The van der Waals surface area contributed by atoms with Crippen molar-refractivity contribution in [2.45, 2.75) is 13.8 Å². The number of anilines is 1. The Morgan fingerprint density at radius 1 is 0.875 bits per heavy atom. The van der Waals surface area contributed by atoms with Gasteiger partial charge < -0.3 is 10.1 Å². The van der Waals surface area contributed by atoms with Gasteiger partial charge in [-0.05, 0) is 91.2 Å². The van der Waals surface area contributed by atoms with Gasteiger partial charge in [0.1, 0.15) is 5.75 Å². The third-order valence-corrected chi connectivity index (χ3v) is 4.49. The Kier molecular flexibility index (Phi) is 7.36. The second kappa shape index (κ2) is 10.4. The van der Waals surface area contributed by atoms with Crippen molar-refractivity contribution in [1.82, 2.24) is 5.43 Å². The molecule has 0 saturated heterocycles. The molecule has 0 radical (unpaired) electrons. The number of halogens is 1. The molecule has 8 heteroatoms. The fourth-order valence-electron chi connectivity index (χ4n) is 2.82. The van der Waals surface area contributed by atoms with Gasteiger partial charge in [0, 0.05) is 10.7 Å². The molecule has 0 heterocycles. The number of ether oxygens (including phenoxy) is 1. The quantitative estimate of drug-likeness (QED) is 0.200. The van der Waals surface area contributed by atoms with Gasteiger partial charge in [-0.15, -0.1) is 0 Å². The molecule has 0 atom stereocenters. The first-order valence-electron chi connectivity index (χ1n) is 9.60. The molecular formula is C24H20ClN3O4. The highest BCUT2D eigenvalue weighted by Crippen LogP contribution is 2.16. The Hall–Kier alpha value is -3.97. The van der Waals surface area contributed by atoms with Crippen LogP contribution in [0.2, 0.25) is 5.02 Å². The summed E-state index contributed by atoms with van der Waals surface area (Å²) in [6.07, 6.45) is 1.37. The molecule has 2 amide bonds. The zero-order valence-corrected chi connectivity index (χ0v) is 18.1. The first kappa shape index (κ1) is 22.7. The highest BCUT2D eigenvalue weighted by Gasteiger charge is 2.13. The molecule has 0 unspecified atom stereocenters. The zero-order chi connectivity index (χ0) is 23.1. The van der Waals surface area contributed by atoms with Crippen LogP contribution in [0.5, 0.6) is 5.75 Å². The minimum absolute atomic E-state index is 0.346. The monoisotopic (exact) mass is 449 g/mol. The maximum absolute atomic E-state index is 12.1. The second-order valence-electron chi connectivity index (χ2n) is 7.00. The van der Waals surface area contributed by atoms with Crippen LogP contribution >= 0.6 is 11.6 Å². The minimum Gasteiger partial charge on any atom is -0.423 e. The van der Waals surface area contributed by atoms with E-state index >= 15 is 0 Å². The van der Waals surface area contributed by atoms with Crippen molar-refractivity contribution >= 4 is 41.3 Å². The van der Waals surface area contributed by atoms with Gasteiger partial charge in [0.05, 0.1) is 11.8 Å². The van der Waals surface area contributed by atoms with E-state index < -0.39 is 17.8 Å². The number of nitrogens with zero attached hydrogens (tertiary/aromatic N) is 1. The topological polar surface area (TPSA) is 96.9 Å². The average molecular weight is 450 g/mol. The van der Waals surface area contributed by atoms with Gasteiger partial charge in [-0.3, -0.25) is 9.59 Å². The molecule has 0 saturated carbocycles. The molecule has 0 aromatic heterocycles. The van der Waals surface area contributed by atoms with Crippen molar-refractivity contribution in [2.24, 2.45) is 5.10 Å². The van der Waals surface area contributed by atoms with Crippen LogP contribution in [0.25, 0.3) is 0 Å². The molecule has 0 spiro atoms. The number of benzene rings is 3. The molecule has 2 N–H and O–H groups in total. The molecule has 0 aliphatic rings. The van der Waals surface area contributed by atoms with Crippen molar-refractivity contribution in [2.75, 3.05) is 5.32 Å². The summed E-state index contributed by atoms with van der Waals surface area (Å²) in [7, 11) is 0. The Morgan fingerprint density at radius 2 is 1.50 bits per heavy atom. The van der Waals surface area contributed by atoms with Crippen molar-refractivity contribution in [3.05, 3.63) is 94.0 Å². The van der Waals surface area contributed by atoms with Crippen LogP contribution in [0.15, 0.2) is 71.8 Å². The first-order chi connectivity index (χ1) is 15.3. The predicted octanol–water partition coefficient (Wildman–Crippen LogP) is 4.26. The number of hydrogen-bond donors (Lipinski definition) is 2. The van der Waals surface area contributed by atoms with Gasteiger partial charge in [0.25, 0.3) is 0 Å². The van der Waals surface area contributed by atoms with E-state index in [9.17, 15) is 14.4 Å². The lowest BCUT2D eigenvalue weighted by atomic mass is 10.1. The molecule has 162 valence electrons. The van der Waals surface area contributed by atoms with Crippen molar-refractivity contribution in [3.63, 3.8) is 0 Å². The molecule has 0 fully saturated rings. The molecule has 3 aromatic rings. The minimum atomic E-state index is -0.895. The summed E-state index contributed by atoms with van der Waals surface area (Å²) >= 11 is 5.81. The summed E-state index contributed by atoms with van der Waals surface area (Å²) in [4.78, 5) is 36.1. The molecule has 0 aliphatic carbocycles. The molecule has 32 heavy (non-hydrogen) atoms. The number of rotatable bonds is 5. The van der Waals surface area contributed by atoms with Gasteiger partial charge >= 0.3 is 17.8 Å². The normalized spacial score (nSPS) is 10.6. The van der Waals surface area contributed by atoms with Crippen molar-refractivity contribution in [1.29, 1.82) is 0 Å². The zero-order valence-electron chi connectivity index (χ0n) is 17.4. The van der Waals surface area contributed by atoms with Gasteiger partial charge in [0.2, 0.25) is 0 Å². The van der Waals surface area contributed by atoms with Crippen LogP contribution in [-0.2, 0) is 9.59 Å². The lowest BCUT2D eigenvalue weighted by Gasteiger charge is -2.06. The summed E-state index contributed by atoms with van der Waals surface area (Å²) in [5.41, 5.74) is 5.67. The van der Waals surface area contributed by atoms with E-state index in [1.54, 1.807) is 60.7 Å². The molecule has 3 rings (SSSR count). The van der Waals surface area contributed by atoms with E-state index in [0.29, 0.717) is 27.6 Å². The Balaban J connectivity index is 1.51. The number of amides is 2. The third kappa shape index (κ3) is 6.52. The molecule has 3 aromatic carbocycles. The SMILES string of the molecule is Cc1cc(C)cc(NC(=O)C(=O)NN=Cc2ccc(OC(=O)c3ccc(Cl)cc3)cc2)c1. The summed E-state index contributed by atoms with van der Waals surface area (Å²) in [6, 6.07) is 18.3. The van der Waals surface area contributed by atoms with E-state index in [4.69, 9.17) is 16.3 Å². The Labute approximate surface area is 190 Å². The summed E-state index contributed by atoms with van der Waals surface area (Å²) in [5.74, 6) is -1.88. The van der Waals surface area contributed by atoms with Crippen LogP contribution in [0.1, 0.15) is 27.0 Å². The van der Waals surface area contributed by atoms with Gasteiger partial charge in [-0.25, -0.2) is 10.2 Å². The van der Waals surface area contributed by atoms with Crippen LogP contribution in [-0.4, -0.2) is 24.0 Å². The van der Waals surface area contributed by atoms with E-state index in [-0.39, 0.29) is 0 Å². The van der Waals surface area contributed by atoms with Gasteiger partial charge in [0.15, 0.2) is 0 Å². The summed E-state index contributed by atoms with van der Waals surface area (Å²) in [5, 5.41) is 6.84. The Morgan fingerprint density at radius 3 is 2.12 bits per heavy atom. The van der Waals surface area contributed by atoms with E-state index in [1.807, 2.05) is 19.9 Å². The fourth-order valence-corrected chi connectivity index (χ4v) is 2.95. The maximum Gasteiger partial charge on any atom is 0.343 e. The fraction of sp³-hybridized carbons (Fsp3) is 0.0833. The smallest absolute Gasteiger partial charge is 0.343 e. The maximum atomic E-state index is 12.1. The van der Waals surface area contributed by atoms with E-state index in [1.165, 1.54) is 6.21 Å². The number of nitrogens with one attached hydrogen (secondary N) is 2. The summed E-state index contributed by atoms with van der Waals surface area (Å²) < 4.78 is 5.29. The number of hydrazone groups is 1. The number of carbonyl (C=O) groups is 3. The van der Waals surface area contributed by atoms with Crippen LogP contribution < -0.4 is 15.5 Å². The average Bonchev–Trinajstić information content (AvgIpc) is 2.74. The lowest BCUT2D eigenvalue weighted by Crippen LogP contribution is -2.32. The van der Waals surface area contributed by atoms with Gasteiger partial charge in [-0.1, -0.05) is 17.7 Å². The summed E-state index contributed by atoms with van der Waals surface area (Å²) in [6.45, 7) is 3.80. The number of esters is 1. The van der Waals surface area contributed by atoms with Crippen LogP contribution in [0, 0.1) is 13.8 Å². The molecule has 0 bridgehead atoms. The van der Waals surface area contributed by atoms with Crippen molar-refractivity contribution < 1.29 is 19.1 Å². The first-order valence-corrected chi connectivity index (χ1v) is 9.98. The Bertz CT molecular complexity index is 1150. The van der Waals surface area contributed by atoms with E-state index in [0.717, 1.165) is 11.1 Å². The van der Waals surface area contributed by atoms with Gasteiger partial charge in [-0.2, -0.15) is 5.10 Å².